The molecule has 0 aliphatic rings. The highest BCUT2D eigenvalue weighted by Gasteiger charge is 2.30. The molecule has 0 bridgehead atoms. The SMILES string of the molecule is Cc1ccc(OCC(CO)c2ccc(C(F)(F)F)cc2)cc1. The summed E-state index contributed by atoms with van der Waals surface area (Å²) in [5.74, 6) is 0.291. The highest BCUT2D eigenvalue weighted by molar-refractivity contribution is 5.29. The summed E-state index contributed by atoms with van der Waals surface area (Å²) in [5.41, 5.74) is 1.02. The fourth-order valence-electron chi connectivity index (χ4n) is 2.03. The normalized spacial score (nSPS) is 13.0. The first-order valence-corrected chi connectivity index (χ1v) is 6.87. The lowest BCUT2D eigenvalue weighted by atomic mass is 9.99. The van der Waals surface area contributed by atoms with E-state index in [4.69, 9.17) is 4.74 Å². The third-order valence-corrected chi connectivity index (χ3v) is 3.40. The van der Waals surface area contributed by atoms with Gasteiger partial charge in [-0.2, -0.15) is 13.2 Å². The molecule has 1 unspecified atom stereocenters. The second-order valence-corrected chi connectivity index (χ2v) is 5.12. The first kappa shape index (κ1) is 16.4. The molecule has 1 atom stereocenters. The summed E-state index contributed by atoms with van der Waals surface area (Å²) in [6.07, 6.45) is -4.36. The zero-order valence-electron chi connectivity index (χ0n) is 12.1. The van der Waals surface area contributed by atoms with Crippen LogP contribution in [0.1, 0.15) is 22.6 Å². The van der Waals surface area contributed by atoms with Crippen LogP contribution in [-0.4, -0.2) is 18.3 Å². The van der Waals surface area contributed by atoms with Gasteiger partial charge in [-0.1, -0.05) is 29.8 Å². The Kier molecular flexibility index (Phi) is 5.08. The molecule has 0 aliphatic heterocycles. The predicted octanol–water partition coefficient (Wildman–Crippen LogP) is 4.17. The van der Waals surface area contributed by atoms with Gasteiger partial charge in [0.05, 0.1) is 18.8 Å². The molecule has 0 heterocycles. The number of benzene rings is 2. The van der Waals surface area contributed by atoms with E-state index in [1.54, 1.807) is 0 Å². The van der Waals surface area contributed by atoms with Crippen LogP contribution >= 0.6 is 0 Å². The van der Waals surface area contributed by atoms with Crippen LogP contribution in [0.25, 0.3) is 0 Å². The molecule has 0 amide bonds. The molecule has 0 saturated carbocycles. The fourth-order valence-corrected chi connectivity index (χ4v) is 2.03. The van der Waals surface area contributed by atoms with Gasteiger partial charge < -0.3 is 9.84 Å². The number of alkyl halides is 3. The standard InChI is InChI=1S/C17H17F3O2/c1-12-2-8-16(9-3-12)22-11-14(10-21)13-4-6-15(7-5-13)17(18,19)20/h2-9,14,21H,10-11H2,1H3. The Morgan fingerprint density at radius 3 is 2.09 bits per heavy atom. The molecule has 0 saturated heterocycles. The van der Waals surface area contributed by atoms with E-state index in [0.29, 0.717) is 11.3 Å². The molecule has 0 spiro atoms. The van der Waals surface area contributed by atoms with E-state index in [1.165, 1.54) is 12.1 Å². The van der Waals surface area contributed by atoms with Crippen molar-refractivity contribution in [1.82, 2.24) is 0 Å². The number of aryl methyl sites for hydroxylation is 1. The number of hydrogen-bond acceptors (Lipinski definition) is 2. The summed E-state index contributed by atoms with van der Waals surface area (Å²) < 4.78 is 43.2. The van der Waals surface area contributed by atoms with Crippen LogP contribution in [0, 0.1) is 6.92 Å². The average molecular weight is 310 g/mol. The highest BCUT2D eigenvalue weighted by Crippen LogP contribution is 2.30. The number of hydrogen-bond donors (Lipinski definition) is 1. The van der Waals surface area contributed by atoms with E-state index < -0.39 is 11.7 Å². The van der Waals surface area contributed by atoms with Crippen LogP contribution in [0.2, 0.25) is 0 Å². The van der Waals surface area contributed by atoms with Crippen LogP contribution < -0.4 is 4.74 Å². The van der Waals surface area contributed by atoms with Gasteiger partial charge in [0.25, 0.3) is 0 Å². The molecule has 2 rings (SSSR count). The molecule has 0 radical (unpaired) electrons. The quantitative estimate of drug-likeness (QED) is 0.898. The fraction of sp³-hybridized carbons (Fsp3) is 0.294. The third kappa shape index (κ3) is 4.24. The van der Waals surface area contributed by atoms with Gasteiger partial charge in [-0.3, -0.25) is 0 Å². The second kappa shape index (κ2) is 6.83. The minimum absolute atomic E-state index is 0.197. The van der Waals surface area contributed by atoms with Crippen LogP contribution in [0.5, 0.6) is 5.75 Å². The molecule has 2 aromatic carbocycles. The Hall–Kier alpha value is -2.01. The lowest BCUT2D eigenvalue weighted by Gasteiger charge is -2.17. The van der Waals surface area contributed by atoms with Gasteiger partial charge in [0, 0.05) is 5.92 Å². The number of rotatable bonds is 5. The summed E-state index contributed by atoms with van der Waals surface area (Å²) in [5, 5.41) is 9.43. The van der Waals surface area contributed by atoms with Gasteiger partial charge in [-0.25, -0.2) is 0 Å². The minimum atomic E-state index is -4.36. The van der Waals surface area contributed by atoms with Crippen LogP contribution in [0.15, 0.2) is 48.5 Å². The molecule has 5 heteroatoms. The topological polar surface area (TPSA) is 29.5 Å². The number of aliphatic hydroxyl groups is 1. The molecule has 0 aliphatic carbocycles. The van der Waals surface area contributed by atoms with Crippen molar-refractivity contribution in [3.63, 3.8) is 0 Å². The first-order valence-electron chi connectivity index (χ1n) is 6.87. The lowest BCUT2D eigenvalue weighted by molar-refractivity contribution is -0.137. The largest absolute Gasteiger partial charge is 0.493 e. The van der Waals surface area contributed by atoms with Gasteiger partial charge in [-0.15, -0.1) is 0 Å². The summed E-state index contributed by atoms with van der Waals surface area (Å²) in [6, 6.07) is 12.2. The van der Waals surface area contributed by atoms with Crippen molar-refractivity contribution in [2.24, 2.45) is 0 Å². The summed E-state index contributed by atoms with van der Waals surface area (Å²) in [6.45, 7) is 1.96. The Labute approximate surface area is 127 Å². The predicted molar refractivity (Wildman–Crippen MR) is 77.9 cm³/mol. The number of ether oxygens (including phenoxy) is 1. The smallest absolute Gasteiger partial charge is 0.416 e. The monoisotopic (exact) mass is 310 g/mol. The van der Waals surface area contributed by atoms with Gasteiger partial charge in [0.2, 0.25) is 0 Å². The zero-order chi connectivity index (χ0) is 16.2. The minimum Gasteiger partial charge on any atom is -0.493 e. The number of aliphatic hydroxyl groups excluding tert-OH is 1. The van der Waals surface area contributed by atoms with Crippen LogP contribution in [0.4, 0.5) is 13.2 Å². The molecule has 22 heavy (non-hydrogen) atoms. The van der Waals surface area contributed by atoms with Crippen molar-refractivity contribution in [2.75, 3.05) is 13.2 Å². The molecule has 0 aromatic heterocycles. The van der Waals surface area contributed by atoms with E-state index in [1.807, 2.05) is 31.2 Å². The third-order valence-electron chi connectivity index (χ3n) is 3.40. The van der Waals surface area contributed by atoms with Crippen molar-refractivity contribution >= 4 is 0 Å². The molecule has 2 nitrogen and oxygen atoms in total. The Balaban J connectivity index is 2.03. The van der Waals surface area contributed by atoms with Gasteiger partial charge in [0.1, 0.15) is 5.75 Å². The summed E-state index contributed by atoms with van der Waals surface area (Å²) in [4.78, 5) is 0. The van der Waals surface area contributed by atoms with E-state index in [9.17, 15) is 18.3 Å². The molecule has 2 aromatic rings. The molecule has 1 N–H and O–H groups in total. The maximum atomic E-state index is 12.5. The Morgan fingerprint density at radius 1 is 1.00 bits per heavy atom. The van der Waals surface area contributed by atoms with Crippen molar-refractivity contribution in [3.8, 4) is 5.75 Å². The second-order valence-electron chi connectivity index (χ2n) is 5.12. The van der Waals surface area contributed by atoms with Crippen molar-refractivity contribution in [1.29, 1.82) is 0 Å². The molecular weight excluding hydrogens is 293 g/mol. The first-order chi connectivity index (χ1) is 10.4. The van der Waals surface area contributed by atoms with Gasteiger partial charge in [0.15, 0.2) is 0 Å². The molecular formula is C17H17F3O2. The summed E-state index contributed by atoms with van der Waals surface area (Å²) >= 11 is 0. The van der Waals surface area contributed by atoms with E-state index >= 15 is 0 Å². The van der Waals surface area contributed by atoms with Crippen LogP contribution in [-0.2, 0) is 6.18 Å². The zero-order valence-corrected chi connectivity index (χ0v) is 12.1. The summed E-state index contributed by atoms with van der Waals surface area (Å²) in [7, 11) is 0. The maximum absolute atomic E-state index is 12.5. The number of halogens is 3. The van der Waals surface area contributed by atoms with Gasteiger partial charge in [-0.05, 0) is 36.8 Å². The molecule has 0 fully saturated rings. The Morgan fingerprint density at radius 2 is 1.59 bits per heavy atom. The average Bonchev–Trinajstić information content (AvgIpc) is 2.49. The van der Waals surface area contributed by atoms with Crippen molar-refractivity contribution in [2.45, 2.75) is 19.0 Å². The van der Waals surface area contributed by atoms with Crippen LogP contribution in [0.3, 0.4) is 0 Å². The van der Waals surface area contributed by atoms with E-state index in [2.05, 4.69) is 0 Å². The van der Waals surface area contributed by atoms with Crippen molar-refractivity contribution < 1.29 is 23.0 Å². The lowest BCUT2D eigenvalue weighted by Crippen LogP contribution is -2.14. The van der Waals surface area contributed by atoms with E-state index in [-0.39, 0.29) is 19.1 Å². The van der Waals surface area contributed by atoms with Gasteiger partial charge >= 0.3 is 6.18 Å². The maximum Gasteiger partial charge on any atom is 0.416 e. The Bertz CT molecular complexity index is 589. The van der Waals surface area contributed by atoms with E-state index in [0.717, 1.165) is 17.7 Å². The highest BCUT2D eigenvalue weighted by atomic mass is 19.4. The van der Waals surface area contributed by atoms with Crippen molar-refractivity contribution in [3.05, 3.63) is 65.2 Å². The molecule has 118 valence electrons.